The summed E-state index contributed by atoms with van der Waals surface area (Å²) in [6.45, 7) is 0.128. The molecule has 0 aliphatic carbocycles. The number of aryl methyl sites for hydroxylation is 1. The summed E-state index contributed by atoms with van der Waals surface area (Å²) in [5.41, 5.74) is 6.78. The highest BCUT2D eigenvalue weighted by atomic mass is 16.6. The van der Waals surface area contributed by atoms with Gasteiger partial charge >= 0.3 is 12.1 Å². The van der Waals surface area contributed by atoms with Gasteiger partial charge in [-0.05, 0) is 54.5 Å². The summed E-state index contributed by atoms with van der Waals surface area (Å²) in [6.07, 6.45) is 0.316. The van der Waals surface area contributed by atoms with Crippen LogP contribution in [0.25, 0.3) is 0 Å². The zero-order valence-electron chi connectivity index (χ0n) is 24.3. The van der Waals surface area contributed by atoms with Crippen molar-refractivity contribution in [3.8, 4) is 17.2 Å². The molecular weight excluding hydrogens is 554 g/mol. The third-order valence-corrected chi connectivity index (χ3v) is 7.78. The highest BCUT2D eigenvalue weighted by Crippen LogP contribution is 2.40. The van der Waals surface area contributed by atoms with Crippen LogP contribution in [0.3, 0.4) is 0 Å². The Morgan fingerprint density at radius 2 is 1.53 bits per heavy atom. The smallest absolute Gasteiger partial charge is 0.425 e. The molecule has 4 rings (SSSR count). The van der Waals surface area contributed by atoms with Crippen molar-refractivity contribution in [2.24, 2.45) is 5.73 Å². The molecule has 0 bridgehead atoms. The summed E-state index contributed by atoms with van der Waals surface area (Å²) in [6, 6.07) is 19.9. The number of primary amides is 1. The van der Waals surface area contributed by atoms with Crippen LogP contribution in [0.1, 0.15) is 36.0 Å². The number of phenols is 1. The lowest BCUT2D eigenvalue weighted by atomic mass is 9.88. The summed E-state index contributed by atoms with van der Waals surface area (Å²) < 4.78 is 16.2. The van der Waals surface area contributed by atoms with E-state index in [1.54, 1.807) is 48.5 Å². The second-order valence-corrected chi connectivity index (χ2v) is 10.4. The molecular formula is C32H37N3O8. The normalized spacial score (nSPS) is 17.2. The van der Waals surface area contributed by atoms with Crippen LogP contribution in [0.15, 0.2) is 72.8 Å². The Kier molecular flexibility index (Phi) is 10.1. The van der Waals surface area contributed by atoms with Crippen LogP contribution in [0.5, 0.6) is 17.2 Å². The van der Waals surface area contributed by atoms with Crippen molar-refractivity contribution in [2.75, 3.05) is 20.8 Å². The number of hydrogen-bond acceptors (Lipinski definition) is 8. The first-order chi connectivity index (χ1) is 20.7. The number of carboxylic acid groups (broad SMARTS) is 1. The topological polar surface area (TPSA) is 152 Å². The maximum absolute atomic E-state index is 13.8. The maximum Gasteiger partial charge on any atom is 0.425 e. The van der Waals surface area contributed by atoms with Crippen molar-refractivity contribution < 1.29 is 38.8 Å². The van der Waals surface area contributed by atoms with E-state index in [1.807, 2.05) is 24.3 Å². The van der Waals surface area contributed by atoms with Crippen molar-refractivity contribution >= 4 is 18.0 Å². The zero-order chi connectivity index (χ0) is 31.0. The van der Waals surface area contributed by atoms with Gasteiger partial charge in [0.1, 0.15) is 12.1 Å². The van der Waals surface area contributed by atoms with Crippen LogP contribution in [-0.2, 0) is 33.8 Å². The number of hydrazine groups is 1. The zero-order valence-corrected chi connectivity index (χ0v) is 24.3. The minimum absolute atomic E-state index is 0.0195. The second-order valence-electron chi connectivity index (χ2n) is 10.4. The van der Waals surface area contributed by atoms with Gasteiger partial charge in [-0.3, -0.25) is 4.79 Å². The second kappa shape index (κ2) is 13.9. The number of ether oxygens (including phenoxy) is 3. The Morgan fingerprint density at radius 3 is 2.07 bits per heavy atom. The standard InChI is InChI=1S/C32H37N3O8/c1-41-26-19-24(20-27(42-2)28(26)36)14-16-32(30(33)39)15-9-17-34(32)35(31(40)43-21-23-12-7-4-8-13-23)25(29(37)38)18-22-10-5-3-6-11-22/h3-8,10-13,19-20,25,36H,9,14-18,21H2,1-2H3,(H2,33,39)(H,37,38)/t25-,32-/m1/s1. The Hall–Kier alpha value is -4.77. The average Bonchev–Trinajstić information content (AvgIpc) is 3.44. The SMILES string of the molecule is COc1cc(CC[C@@]2(C(N)=O)CCCN2N(C(=O)OCc2ccccc2)[C@H](Cc2ccccc2)C(=O)O)cc(OC)c1O. The molecule has 0 aromatic heterocycles. The minimum Gasteiger partial charge on any atom is -0.502 e. The summed E-state index contributed by atoms with van der Waals surface area (Å²) in [7, 11) is 2.83. The van der Waals surface area contributed by atoms with Gasteiger partial charge in [-0.1, -0.05) is 60.7 Å². The van der Waals surface area contributed by atoms with Gasteiger partial charge in [0.2, 0.25) is 11.7 Å². The predicted molar refractivity (Wildman–Crippen MR) is 157 cm³/mol. The van der Waals surface area contributed by atoms with Gasteiger partial charge in [-0.25, -0.2) is 14.6 Å². The van der Waals surface area contributed by atoms with Crippen LogP contribution >= 0.6 is 0 Å². The number of phenolic OH excluding ortho intramolecular Hbond substituents is 1. The van der Waals surface area contributed by atoms with E-state index in [0.29, 0.717) is 24.0 Å². The molecule has 11 nitrogen and oxygen atoms in total. The third kappa shape index (κ3) is 7.00. The Morgan fingerprint density at radius 1 is 0.953 bits per heavy atom. The molecule has 43 heavy (non-hydrogen) atoms. The Labute approximate surface area is 250 Å². The van der Waals surface area contributed by atoms with E-state index >= 15 is 0 Å². The molecule has 4 N–H and O–H groups in total. The van der Waals surface area contributed by atoms with Crippen LogP contribution in [0.4, 0.5) is 4.79 Å². The van der Waals surface area contributed by atoms with Gasteiger partial charge in [0.05, 0.1) is 14.2 Å². The molecule has 3 aromatic carbocycles. The molecule has 0 saturated carbocycles. The molecule has 2 atom stereocenters. The molecule has 1 saturated heterocycles. The van der Waals surface area contributed by atoms with Crippen molar-refractivity contribution in [1.82, 2.24) is 10.0 Å². The quantitative estimate of drug-likeness (QED) is 0.269. The monoisotopic (exact) mass is 591 g/mol. The highest BCUT2D eigenvalue weighted by molar-refractivity contribution is 5.86. The summed E-state index contributed by atoms with van der Waals surface area (Å²) in [4.78, 5) is 39.9. The molecule has 1 aliphatic heterocycles. The number of methoxy groups -OCH3 is 2. The van der Waals surface area contributed by atoms with E-state index in [2.05, 4.69) is 0 Å². The van der Waals surface area contributed by atoms with Crippen molar-refractivity contribution in [1.29, 1.82) is 0 Å². The molecule has 3 aromatic rings. The van der Waals surface area contributed by atoms with Gasteiger partial charge in [0.25, 0.3) is 0 Å². The largest absolute Gasteiger partial charge is 0.502 e. The molecule has 228 valence electrons. The molecule has 1 fully saturated rings. The summed E-state index contributed by atoms with van der Waals surface area (Å²) in [5, 5.41) is 23.3. The molecule has 0 spiro atoms. The fraction of sp³-hybridized carbons (Fsp3) is 0.344. The fourth-order valence-corrected chi connectivity index (χ4v) is 5.54. The molecule has 0 radical (unpaired) electrons. The number of nitrogens with zero attached hydrogens (tertiary/aromatic N) is 2. The lowest BCUT2D eigenvalue weighted by molar-refractivity contribution is -0.162. The van der Waals surface area contributed by atoms with Crippen molar-refractivity contribution in [2.45, 2.75) is 50.3 Å². The number of benzene rings is 3. The molecule has 2 amide bonds. The van der Waals surface area contributed by atoms with Gasteiger partial charge in [0.15, 0.2) is 17.5 Å². The number of rotatable bonds is 13. The van der Waals surface area contributed by atoms with E-state index in [1.165, 1.54) is 19.2 Å². The fourth-order valence-electron chi connectivity index (χ4n) is 5.54. The lowest BCUT2D eigenvalue weighted by Crippen LogP contribution is -2.65. The van der Waals surface area contributed by atoms with Crippen LogP contribution in [0.2, 0.25) is 0 Å². The summed E-state index contributed by atoms with van der Waals surface area (Å²) in [5.74, 6) is -1.69. The van der Waals surface area contributed by atoms with Crippen molar-refractivity contribution in [3.63, 3.8) is 0 Å². The van der Waals surface area contributed by atoms with E-state index in [0.717, 1.165) is 10.6 Å². The number of aromatic hydroxyl groups is 1. The summed E-state index contributed by atoms with van der Waals surface area (Å²) >= 11 is 0. The molecule has 0 unspecified atom stereocenters. The van der Waals surface area contributed by atoms with Gasteiger partial charge in [0, 0.05) is 13.0 Å². The number of nitrogens with two attached hydrogens (primary N) is 1. The first kappa shape index (κ1) is 31.2. The first-order valence-electron chi connectivity index (χ1n) is 14.0. The number of carbonyl (C=O) groups is 3. The lowest BCUT2D eigenvalue weighted by Gasteiger charge is -2.44. The maximum atomic E-state index is 13.8. The molecule has 1 heterocycles. The van der Waals surface area contributed by atoms with Crippen LogP contribution in [0, 0.1) is 0 Å². The highest BCUT2D eigenvalue weighted by Gasteiger charge is 2.52. The van der Waals surface area contributed by atoms with Crippen LogP contribution in [-0.4, -0.2) is 70.5 Å². The van der Waals surface area contributed by atoms with E-state index in [9.17, 15) is 24.6 Å². The number of carboxylic acids is 1. The van der Waals surface area contributed by atoms with E-state index in [-0.39, 0.29) is 49.7 Å². The number of aliphatic carboxylic acids is 1. The van der Waals surface area contributed by atoms with E-state index < -0.39 is 29.6 Å². The number of hydrogen-bond donors (Lipinski definition) is 3. The Balaban J connectivity index is 1.70. The van der Waals surface area contributed by atoms with Crippen molar-refractivity contribution in [3.05, 3.63) is 89.5 Å². The Bertz CT molecular complexity index is 1390. The van der Waals surface area contributed by atoms with Gasteiger partial charge in [-0.2, -0.15) is 5.01 Å². The van der Waals surface area contributed by atoms with E-state index in [4.69, 9.17) is 19.9 Å². The molecule has 1 aliphatic rings. The minimum atomic E-state index is -1.39. The predicted octanol–water partition coefficient (Wildman–Crippen LogP) is 3.91. The number of carbonyl (C=O) groups excluding carboxylic acids is 2. The van der Waals surface area contributed by atoms with Gasteiger partial charge in [-0.15, -0.1) is 0 Å². The first-order valence-corrected chi connectivity index (χ1v) is 14.0. The average molecular weight is 592 g/mol. The third-order valence-electron chi connectivity index (χ3n) is 7.78. The van der Waals surface area contributed by atoms with Gasteiger partial charge < -0.3 is 30.2 Å². The van der Waals surface area contributed by atoms with Crippen LogP contribution < -0.4 is 15.2 Å². The number of amides is 2. The molecule has 11 heteroatoms.